The van der Waals surface area contributed by atoms with Gasteiger partial charge in [0.15, 0.2) is 0 Å². The quantitative estimate of drug-likeness (QED) is 0.527. The van der Waals surface area contributed by atoms with Crippen LogP contribution >= 0.6 is 0 Å². The SMILES string of the molecule is CC[Si](C#CC(C)O)(CC)CC. The number of aliphatic hydroxyl groups is 1. The summed E-state index contributed by atoms with van der Waals surface area (Å²) in [6.45, 7) is 8.38. The van der Waals surface area contributed by atoms with Crippen LogP contribution in [-0.4, -0.2) is 19.3 Å². The van der Waals surface area contributed by atoms with Crippen molar-refractivity contribution in [3.63, 3.8) is 0 Å². The summed E-state index contributed by atoms with van der Waals surface area (Å²) < 4.78 is 0. The van der Waals surface area contributed by atoms with Crippen molar-refractivity contribution in [3.05, 3.63) is 0 Å². The van der Waals surface area contributed by atoms with Crippen LogP contribution in [0, 0.1) is 11.5 Å². The second-order valence-electron chi connectivity index (χ2n) is 3.29. The molecule has 1 nitrogen and oxygen atoms in total. The zero-order chi connectivity index (χ0) is 9.61. The number of hydrogen-bond donors (Lipinski definition) is 1. The van der Waals surface area contributed by atoms with E-state index in [-0.39, 0.29) is 0 Å². The van der Waals surface area contributed by atoms with Gasteiger partial charge in [0.25, 0.3) is 0 Å². The fourth-order valence-electron chi connectivity index (χ4n) is 1.27. The van der Waals surface area contributed by atoms with Gasteiger partial charge in [-0.05, 0) is 25.1 Å². The summed E-state index contributed by atoms with van der Waals surface area (Å²) in [6, 6.07) is 3.62. The second-order valence-corrected chi connectivity index (χ2v) is 8.22. The van der Waals surface area contributed by atoms with Gasteiger partial charge >= 0.3 is 0 Å². The minimum atomic E-state index is -1.30. The highest BCUT2D eigenvalue weighted by Crippen LogP contribution is 2.18. The molecular formula is C10H20OSi. The van der Waals surface area contributed by atoms with Crippen LogP contribution in [0.4, 0.5) is 0 Å². The Morgan fingerprint density at radius 2 is 1.58 bits per heavy atom. The lowest BCUT2D eigenvalue weighted by Gasteiger charge is -2.20. The molecule has 0 saturated carbocycles. The van der Waals surface area contributed by atoms with Crippen LogP contribution in [0.5, 0.6) is 0 Å². The van der Waals surface area contributed by atoms with Gasteiger partial charge in [0.2, 0.25) is 0 Å². The van der Waals surface area contributed by atoms with Crippen LogP contribution in [0.1, 0.15) is 27.7 Å². The predicted octanol–water partition coefficient (Wildman–Crippen LogP) is 2.42. The molecule has 12 heavy (non-hydrogen) atoms. The first-order chi connectivity index (χ1) is 5.60. The Morgan fingerprint density at radius 1 is 1.17 bits per heavy atom. The first-order valence-corrected chi connectivity index (χ1v) is 7.43. The molecule has 0 spiro atoms. The molecule has 0 fully saturated rings. The molecule has 0 rings (SSSR count). The Bertz CT molecular complexity index is 164. The summed E-state index contributed by atoms with van der Waals surface area (Å²) in [5, 5.41) is 9.05. The molecule has 0 heterocycles. The summed E-state index contributed by atoms with van der Waals surface area (Å²) in [6.07, 6.45) is -0.457. The van der Waals surface area contributed by atoms with E-state index in [0.717, 1.165) is 0 Å². The third-order valence-electron chi connectivity index (χ3n) is 2.58. The zero-order valence-electron chi connectivity index (χ0n) is 8.65. The molecule has 1 atom stereocenters. The molecule has 2 heteroatoms. The third-order valence-corrected chi connectivity index (χ3v) is 7.31. The van der Waals surface area contributed by atoms with Gasteiger partial charge in [0.1, 0.15) is 14.2 Å². The van der Waals surface area contributed by atoms with E-state index in [1.807, 2.05) is 0 Å². The maximum Gasteiger partial charge on any atom is 0.137 e. The maximum atomic E-state index is 9.05. The molecule has 0 aliphatic heterocycles. The van der Waals surface area contributed by atoms with Crippen LogP contribution in [0.15, 0.2) is 0 Å². The topological polar surface area (TPSA) is 20.2 Å². The molecule has 1 N–H and O–H groups in total. The van der Waals surface area contributed by atoms with Gasteiger partial charge in [-0.25, -0.2) is 0 Å². The molecule has 0 aliphatic carbocycles. The highest BCUT2D eigenvalue weighted by Gasteiger charge is 2.24. The fraction of sp³-hybridized carbons (Fsp3) is 0.800. The van der Waals surface area contributed by atoms with Crippen LogP contribution in [0.2, 0.25) is 18.1 Å². The van der Waals surface area contributed by atoms with Crippen molar-refractivity contribution in [1.82, 2.24) is 0 Å². The molecule has 1 unspecified atom stereocenters. The minimum absolute atomic E-state index is 0.457. The summed E-state index contributed by atoms with van der Waals surface area (Å²) in [5.74, 6) is 2.91. The standard InChI is InChI=1S/C10H20OSi/c1-5-12(6-2,7-3)9-8-10(4)11/h10-11H,5-7H2,1-4H3. The number of rotatable bonds is 3. The number of hydrogen-bond acceptors (Lipinski definition) is 1. The van der Waals surface area contributed by atoms with Gasteiger partial charge in [-0.1, -0.05) is 26.7 Å². The van der Waals surface area contributed by atoms with Crippen LogP contribution in [-0.2, 0) is 0 Å². The van der Waals surface area contributed by atoms with Crippen molar-refractivity contribution >= 4 is 8.07 Å². The maximum absolute atomic E-state index is 9.05. The average Bonchev–Trinajstić information content (AvgIpc) is 2.08. The molecule has 0 saturated heterocycles. The van der Waals surface area contributed by atoms with E-state index >= 15 is 0 Å². The molecule has 0 aromatic rings. The summed E-state index contributed by atoms with van der Waals surface area (Å²) >= 11 is 0. The van der Waals surface area contributed by atoms with Gasteiger partial charge in [-0.15, -0.1) is 5.54 Å². The largest absolute Gasteiger partial charge is 0.381 e. The third kappa shape index (κ3) is 3.42. The molecule has 0 aromatic heterocycles. The van der Waals surface area contributed by atoms with E-state index in [2.05, 4.69) is 32.2 Å². The second kappa shape index (κ2) is 5.39. The average molecular weight is 184 g/mol. The van der Waals surface area contributed by atoms with Gasteiger partial charge in [0, 0.05) is 0 Å². The van der Waals surface area contributed by atoms with E-state index in [1.165, 1.54) is 18.1 Å². The Balaban J connectivity index is 4.43. The molecule has 70 valence electrons. The lowest BCUT2D eigenvalue weighted by molar-refractivity contribution is 0.253. The first kappa shape index (κ1) is 11.7. The molecular weight excluding hydrogens is 164 g/mol. The predicted molar refractivity (Wildman–Crippen MR) is 56.7 cm³/mol. The highest BCUT2D eigenvalue weighted by molar-refractivity contribution is 6.87. The number of aliphatic hydroxyl groups excluding tert-OH is 1. The molecule has 0 amide bonds. The molecule has 0 aliphatic rings. The Hall–Kier alpha value is -0.263. The van der Waals surface area contributed by atoms with Gasteiger partial charge in [-0.2, -0.15) is 0 Å². The van der Waals surface area contributed by atoms with Crippen LogP contribution in [0.25, 0.3) is 0 Å². The monoisotopic (exact) mass is 184 g/mol. The van der Waals surface area contributed by atoms with Crippen molar-refractivity contribution in [2.45, 2.75) is 51.9 Å². The summed E-state index contributed by atoms with van der Waals surface area (Å²) in [5.41, 5.74) is 3.32. The minimum Gasteiger partial charge on any atom is -0.381 e. The van der Waals surface area contributed by atoms with E-state index in [0.29, 0.717) is 0 Å². The highest BCUT2D eigenvalue weighted by atomic mass is 28.3. The zero-order valence-corrected chi connectivity index (χ0v) is 9.65. The van der Waals surface area contributed by atoms with Crippen molar-refractivity contribution in [1.29, 1.82) is 0 Å². The Morgan fingerprint density at radius 3 is 1.83 bits per heavy atom. The van der Waals surface area contributed by atoms with E-state index in [9.17, 15) is 0 Å². The molecule has 0 aromatic carbocycles. The van der Waals surface area contributed by atoms with Crippen molar-refractivity contribution in [3.8, 4) is 11.5 Å². The van der Waals surface area contributed by atoms with Gasteiger partial charge in [-0.3, -0.25) is 0 Å². The van der Waals surface area contributed by atoms with Crippen LogP contribution < -0.4 is 0 Å². The van der Waals surface area contributed by atoms with Crippen molar-refractivity contribution in [2.24, 2.45) is 0 Å². The van der Waals surface area contributed by atoms with E-state index in [1.54, 1.807) is 6.92 Å². The lowest BCUT2D eigenvalue weighted by Crippen LogP contribution is -2.29. The molecule has 0 radical (unpaired) electrons. The van der Waals surface area contributed by atoms with E-state index < -0.39 is 14.2 Å². The van der Waals surface area contributed by atoms with E-state index in [4.69, 9.17) is 5.11 Å². The first-order valence-electron chi connectivity index (χ1n) is 4.81. The lowest BCUT2D eigenvalue weighted by atomic mass is 10.4. The summed E-state index contributed by atoms with van der Waals surface area (Å²) in [7, 11) is -1.30. The Labute approximate surface area is 77.2 Å². The van der Waals surface area contributed by atoms with Crippen LogP contribution in [0.3, 0.4) is 0 Å². The summed E-state index contributed by atoms with van der Waals surface area (Å²) in [4.78, 5) is 0. The van der Waals surface area contributed by atoms with Crippen molar-refractivity contribution < 1.29 is 5.11 Å². The molecule has 0 bridgehead atoms. The Kier molecular flexibility index (Phi) is 5.28. The smallest absolute Gasteiger partial charge is 0.137 e. The van der Waals surface area contributed by atoms with Crippen molar-refractivity contribution in [2.75, 3.05) is 0 Å². The van der Waals surface area contributed by atoms with Gasteiger partial charge < -0.3 is 5.11 Å². The normalized spacial score (nSPS) is 13.4. The fourth-order valence-corrected chi connectivity index (χ4v) is 3.82. The van der Waals surface area contributed by atoms with Gasteiger partial charge in [0.05, 0.1) is 0 Å².